The Morgan fingerprint density at radius 2 is 0.479 bits per heavy atom. The summed E-state index contributed by atoms with van der Waals surface area (Å²) in [6, 6.07) is 25.8. The van der Waals surface area contributed by atoms with Gasteiger partial charge in [-0.05, 0) is 231 Å². The summed E-state index contributed by atoms with van der Waals surface area (Å²) in [4.78, 5) is 55.3. The second kappa shape index (κ2) is 33.5. The van der Waals surface area contributed by atoms with Gasteiger partial charge >= 0.3 is 0 Å². The Kier molecular flexibility index (Phi) is 27.9. The van der Waals surface area contributed by atoms with Crippen LogP contribution >= 0.6 is 0 Å². The van der Waals surface area contributed by atoms with Crippen molar-refractivity contribution in [2.75, 3.05) is 0 Å². The predicted molar refractivity (Wildman–Crippen MR) is 355 cm³/mol. The average Bonchev–Trinajstić information content (AvgIpc) is 0.823. The summed E-state index contributed by atoms with van der Waals surface area (Å²) >= 11 is 0. The molecule has 0 heterocycles. The summed E-state index contributed by atoms with van der Waals surface area (Å²) in [5.74, 6) is -8.63. The Balaban J connectivity index is 1.80. The first-order valence-corrected chi connectivity index (χ1v) is 38.3. The molecule has 4 amide bonds. The van der Waals surface area contributed by atoms with Crippen molar-refractivity contribution in [2.24, 2.45) is 23.7 Å². The molecule has 0 saturated carbocycles. The largest absolute Gasteiger partial charge is 0.354 e. The molecule has 5 aromatic carbocycles. The molecule has 9 N–H and O–H groups in total. The van der Waals surface area contributed by atoms with Crippen LogP contribution in [0.25, 0.3) is 0 Å². The molecule has 28 heteroatoms. The Morgan fingerprint density at radius 3 is 0.702 bits per heavy atom. The molecule has 0 fully saturated rings. The van der Waals surface area contributed by atoms with E-state index in [9.17, 15) is 79.2 Å². The fourth-order valence-electron chi connectivity index (χ4n) is 12.1. The van der Waals surface area contributed by atoms with Crippen LogP contribution < -0.4 is 21.3 Å². The molecule has 0 aliphatic carbocycles. The fourth-order valence-corrected chi connectivity index (χ4v) is 14.5. The summed E-state index contributed by atoms with van der Waals surface area (Å²) in [6.07, 6.45) is 0.674. The number of amides is 4. The zero-order chi connectivity index (χ0) is 70.4. The van der Waals surface area contributed by atoms with E-state index in [4.69, 9.17) is 0 Å². The molecule has 0 spiro atoms. The second-order valence-corrected chi connectivity index (χ2v) is 32.8. The maximum atomic E-state index is 15.1. The molecular formula is C66H90N4O19S5. The van der Waals surface area contributed by atoms with Gasteiger partial charge in [0.05, 0.1) is 24.5 Å². The molecule has 9 atom stereocenters. The van der Waals surface area contributed by atoms with E-state index in [0.717, 1.165) is 0 Å². The summed E-state index contributed by atoms with van der Waals surface area (Å²) in [5.41, 5.74) is 2.65. The fraction of sp³-hybridized carbons (Fsp3) is 0.485. The Hall–Kier alpha value is -6.47. The normalized spacial score (nSPS) is 15.5. The summed E-state index contributed by atoms with van der Waals surface area (Å²) in [6.45, 7) is 17.7. The first kappa shape index (κ1) is 78.2. The lowest BCUT2D eigenvalue weighted by molar-refractivity contribution is -0.131. The first-order valence-electron chi connectivity index (χ1n) is 31.1. The molecule has 0 aliphatic heterocycles. The van der Waals surface area contributed by atoms with Crippen molar-refractivity contribution in [1.82, 2.24) is 21.3 Å². The van der Waals surface area contributed by atoms with Crippen LogP contribution in [0.1, 0.15) is 184 Å². The number of carbonyl (C=O) groups is 4. The van der Waals surface area contributed by atoms with Gasteiger partial charge in [-0.1, -0.05) is 74.5 Å². The Morgan fingerprint density at radius 1 is 0.287 bits per heavy atom. The molecule has 518 valence electrons. The van der Waals surface area contributed by atoms with Gasteiger partial charge in [-0.2, -0.15) is 42.1 Å². The molecule has 5 rings (SSSR count). The highest BCUT2D eigenvalue weighted by Gasteiger charge is 2.37. The minimum atomic E-state index is -4.77. The average molecular weight is 1400 g/mol. The van der Waals surface area contributed by atoms with E-state index >= 15 is 4.79 Å². The van der Waals surface area contributed by atoms with E-state index < -0.39 is 147 Å². The minimum Gasteiger partial charge on any atom is -0.354 e. The lowest BCUT2D eigenvalue weighted by Gasteiger charge is -2.33. The first-order chi connectivity index (χ1) is 43.5. The Labute approximate surface area is 554 Å². The highest BCUT2D eigenvalue weighted by molar-refractivity contribution is 7.86. The van der Waals surface area contributed by atoms with Crippen LogP contribution in [-0.2, 0) is 69.8 Å². The van der Waals surface area contributed by atoms with E-state index in [2.05, 4.69) is 21.3 Å². The monoisotopic (exact) mass is 1400 g/mol. The zero-order valence-corrected chi connectivity index (χ0v) is 58.5. The van der Waals surface area contributed by atoms with E-state index in [1.54, 1.807) is 74.4 Å². The van der Waals surface area contributed by atoms with Gasteiger partial charge in [0.25, 0.3) is 50.6 Å². The van der Waals surface area contributed by atoms with Crippen LogP contribution in [0.5, 0.6) is 0 Å². The molecule has 9 unspecified atom stereocenters. The summed E-state index contributed by atoms with van der Waals surface area (Å²) in [7, 11) is -23.5. The number of benzene rings is 5. The van der Waals surface area contributed by atoms with Crippen molar-refractivity contribution in [3.8, 4) is 0 Å². The predicted octanol–water partition coefficient (Wildman–Crippen LogP) is 10.3. The van der Waals surface area contributed by atoms with E-state index in [0.29, 0.717) is 34.2 Å². The molecule has 94 heavy (non-hydrogen) atoms. The van der Waals surface area contributed by atoms with Crippen LogP contribution in [-0.4, -0.2) is 113 Å². The smallest absolute Gasteiger partial charge is 0.294 e. The van der Waals surface area contributed by atoms with Crippen molar-refractivity contribution < 1.29 is 84.0 Å². The molecule has 0 saturated heterocycles. The molecule has 5 aromatic rings. The highest BCUT2D eigenvalue weighted by atomic mass is 32.2. The topological polar surface area (TPSA) is 388 Å². The van der Waals surface area contributed by atoms with Crippen LogP contribution in [0.3, 0.4) is 0 Å². The van der Waals surface area contributed by atoms with E-state index in [1.165, 1.54) is 109 Å². The maximum absolute atomic E-state index is 15.1. The van der Waals surface area contributed by atoms with Gasteiger partial charge in [-0.3, -0.25) is 41.9 Å². The third-order valence-electron chi connectivity index (χ3n) is 16.6. The Bertz CT molecular complexity index is 3960. The lowest BCUT2D eigenvalue weighted by Crippen LogP contribution is -2.44. The van der Waals surface area contributed by atoms with Gasteiger partial charge in [0, 0.05) is 47.8 Å². The maximum Gasteiger partial charge on any atom is 0.294 e. The van der Waals surface area contributed by atoms with Gasteiger partial charge in [0.2, 0.25) is 23.6 Å². The second-order valence-electron chi connectivity index (χ2n) is 25.6. The van der Waals surface area contributed by atoms with Crippen molar-refractivity contribution in [2.45, 2.75) is 205 Å². The van der Waals surface area contributed by atoms with Crippen molar-refractivity contribution >= 4 is 74.2 Å². The van der Waals surface area contributed by atoms with Crippen LogP contribution in [0.2, 0.25) is 0 Å². The minimum absolute atomic E-state index is 0.0255. The third kappa shape index (κ3) is 24.0. The molecule has 0 aliphatic rings. The van der Waals surface area contributed by atoms with Gasteiger partial charge < -0.3 is 21.3 Å². The third-order valence-corrected chi connectivity index (χ3v) is 21.0. The number of hydrogen-bond donors (Lipinski definition) is 9. The van der Waals surface area contributed by atoms with Crippen LogP contribution in [0.4, 0.5) is 0 Å². The van der Waals surface area contributed by atoms with Gasteiger partial charge in [-0.15, -0.1) is 0 Å². The van der Waals surface area contributed by atoms with Crippen LogP contribution in [0, 0.1) is 23.7 Å². The van der Waals surface area contributed by atoms with Crippen molar-refractivity contribution in [1.29, 1.82) is 0 Å². The number of rotatable bonds is 35. The SMILES string of the molecule is CCC(CC(CC(CC(CC(CC(CC(CC(CC(C)C(=O)NC(C)C)C(=O)NC(C)C)C(=O)NC(C)C)C(=O)NC(C)C)c1ccc(S(=O)(=O)O)cc1)c1ccc(S(=O)(=O)O)cc1)c1ccc(S(=O)(=O)O)cc1)c1ccc(S(=O)(=O)O)cc1)c1ccc(S(=O)(=O)O)cc1. The standard InChI is InChI=1S/C66H90N4O19S5/c1-11-45(46-12-22-58(23-13-46)90(75,76)77)33-51(47-14-24-59(25-15-47)91(78,79)80)34-52(48-16-26-60(27-17-48)92(81,82)83)35-53(49-18-28-61(29-19-49)93(84,85)86)36-54(50-20-30-62(31-21-50)94(87,88)89)37-56(65(73)69-42(6)7)39-57(66(74)70-43(8)9)38-55(64(72)68-41(4)5)32-44(10)63(71)67-40(2)3/h12-31,40-45,51-57H,11,32-39H2,1-10H3,(H,67,71)(H,68,72)(H,69,73)(H,70,74)(H,75,76,77)(H,78,79,80)(H,81,82,83)(H,84,85,86)(H,87,88,89). The lowest BCUT2D eigenvalue weighted by atomic mass is 9.71. The molecule has 0 bridgehead atoms. The number of nitrogens with one attached hydrogen (secondary N) is 4. The molecule has 0 radical (unpaired) electrons. The highest BCUT2D eigenvalue weighted by Crippen LogP contribution is 2.47. The van der Waals surface area contributed by atoms with Gasteiger partial charge in [0.1, 0.15) is 0 Å². The van der Waals surface area contributed by atoms with Crippen molar-refractivity contribution in [3.05, 3.63) is 149 Å². The summed E-state index contributed by atoms with van der Waals surface area (Å²) < 4.78 is 175. The number of hydrogen-bond acceptors (Lipinski definition) is 14. The van der Waals surface area contributed by atoms with E-state index in [1.807, 2.05) is 6.92 Å². The molecule has 23 nitrogen and oxygen atoms in total. The quantitative estimate of drug-likeness (QED) is 0.0170. The van der Waals surface area contributed by atoms with E-state index in [-0.39, 0.29) is 80.2 Å². The zero-order valence-electron chi connectivity index (χ0n) is 54.4. The van der Waals surface area contributed by atoms with Gasteiger partial charge in [-0.25, -0.2) is 0 Å². The summed E-state index contributed by atoms with van der Waals surface area (Å²) in [5, 5.41) is 11.8. The van der Waals surface area contributed by atoms with Crippen molar-refractivity contribution in [3.63, 3.8) is 0 Å². The molecule has 0 aromatic heterocycles. The number of carbonyl (C=O) groups excluding carboxylic acids is 4. The molecular weight excluding hydrogens is 1310 g/mol. The van der Waals surface area contributed by atoms with Gasteiger partial charge in [0.15, 0.2) is 0 Å². The van der Waals surface area contributed by atoms with Crippen LogP contribution in [0.15, 0.2) is 146 Å².